The van der Waals surface area contributed by atoms with Gasteiger partial charge in [0.2, 0.25) is 0 Å². The Labute approximate surface area is 128 Å². The van der Waals surface area contributed by atoms with Gasteiger partial charge in [-0.1, -0.05) is 19.9 Å². The van der Waals surface area contributed by atoms with Crippen molar-refractivity contribution in [2.75, 3.05) is 25.6 Å². The van der Waals surface area contributed by atoms with Gasteiger partial charge in [0.05, 0.1) is 11.4 Å². The van der Waals surface area contributed by atoms with Crippen molar-refractivity contribution in [1.82, 2.24) is 15.2 Å². The molecule has 0 aromatic carbocycles. The molecule has 0 saturated carbocycles. The molecule has 3 nitrogen and oxygen atoms in total. The van der Waals surface area contributed by atoms with E-state index in [9.17, 15) is 0 Å². The summed E-state index contributed by atoms with van der Waals surface area (Å²) in [6, 6.07) is 6.91. The van der Waals surface area contributed by atoms with Gasteiger partial charge in [0.1, 0.15) is 0 Å². The van der Waals surface area contributed by atoms with Crippen LogP contribution in [0.4, 0.5) is 0 Å². The Bertz CT molecular complexity index is 382. The molecule has 0 fully saturated rings. The maximum absolute atomic E-state index is 4.74. The smallest absolute Gasteiger partial charge is 0.0547 e. The lowest BCUT2D eigenvalue weighted by atomic mass is 10.2. The SMILES string of the molecule is CSCC(C)N(C)Cc1cccc(CNCC(C)C)n1. The maximum atomic E-state index is 4.74. The van der Waals surface area contributed by atoms with Crippen molar-refractivity contribution in [3.05, 3.63) is 29.6 Å². The molecular weight excluding hydrogens is 266 g/mol. The van der Waals surface area contributed by atoms with Gasteiger partial charge in [-0.15, -0.1) is 0 Å². The van der Waals surface area contributed by atoms with E-state index in [1.54, 1.807) is 0 Å². The van der Waals surface area contributed by atoms with Gasteiger partial charge in [-0.2, -0.15) is 11.8 Å². The number of nitrogens with zero attached hydrogens (tertiary/aromatic N) is 2. The average molecular weight is 295 g/mol. The zero-order chi connectivity index (χ0) is 15.0. The van der Waals surface area contributed by atoms with E-state index >= 15 is 0 Å². The van der Waals surface area contributed by atoms with E-state index in [1.165, 1.54) is 0 Å². The predicted molar refractivity (Wildman–Crippen MR) is 90.1 cm³/mol. The first-order valence-electron chi connectivity index (χ1n) is 7.37. The predicted octanol–water partition coefficient (Wildman–Crippen LogP) is 3.01. The number of nitrogens with one attached hydrogen (secondary N) is 1. The molecule has 1 unspecified atom stereocenters. The minimum atomic E-state index is 0.578. The Morgan fingerprint density at radius 2 is 1.95 bits per heavy atom. The Morgan fingerprint density at radius 1 is 1.25 bits per heavy atom. The van der Waals surface area contributed by atoms with Gasteiger partial charge in [0.25, 0.3) is 0 Å². The second kappa shape index (κ2) is 9.37. The van der Waals surface area contributed by atoms with Gasteiger partial charge >= 0.3 is 0 Å². The topological polar surface area (TPSA) is 28.2 Å². The molecule has 0 bridgehead atoms. The van der Waals surface area contributed by atoms with Crippen LogP contribution >= 0.6 is 11.8 Å². The van der Waals surface area contributed by atoms with Crippen LogP contribution < -0.4 is 5.32 Å². The number of hydrogen-bond acceptors (Lipinski definition) is 4. The standard InChI is InChI=1S/C16H29N3S/c1-13(2)9-17-10-15-7-6-8-16(18-15)11-19(4)14(3)12-20-5/h6-8,13-14,17H,9-12H2,1-5H3. The van der Waals surface area contributed by atoms with Crippen molar-refractivity contribution in [3.8, 4) is 0 Å². The fraction of sp³-hybridized carbons (Fsp3) is 0.688. The number of thioether (sulfide) groups is 1. The molecule has 0 spiro atoms. The molecule has 1 rings (SSSR count). The molecule has 0 aliphatic carbocycles. The van der Waals surface area contributed by atoms with Crippen LogP contribution in [-0.4, -0.2) is 41.5 Å². The Morgan fingerprint density at radius 3 is 2.60 bits per heavy atom. The fourth-order valence-corrected chi connectivity index (χ4v) is 2.72. The van der Waals surface area contributed by atoms with Crippen LogP contribution in [0.2, 0.25) is 0 Å². The molecule has 0 amide bonds. The summed E-state index contributed by atoms with van der Waals surface area (Å²) in [5.74, 6) is 1.84. The van der Waals surface area contributed by atoms with E-state index < -0.39 is 0 Å². The molecule has 1 aromatic rings. The third-order valence-corrected chi connectivity index (χ3v) is 4.11. The molecule has 0 saturated heterocycles. The molecule has 0 aliphatic rings. The number of rotatable bonds is 9. The maximum Gasteiger partial charge on any atom is 0.0547 e. The van der Waals surface area contributed by atoms with E-state index in [0.717, 1.165) is 36.8 Å². The molecule has 1 aromatic heterocycles. The number of pyridine rings is 1. The highest BCUT2D eigenvalue weighted by molar-refractivity contribution is 7.98. The van der Waals surface area contributed by atoms with Gasteiger partial charge in [-0.3, -0.25) is 9.88 Å². The van der Waals surface area contributed by atoms with E-state index in [1.807, 2.05) is 11.8 Å². The lowest BCUT2D eigenvalue weighted by Gasteiger charge is -2.23. The minimum Gasteiger partial charge on any atom is -0.311 e. The number of aromatic nitrogens is 1. The van der Waals surface area contributed by atoms with Crippen molar-refractivity contribution in [2.45, 2.75) is 39.9 Å². The second-order valence-corrected chi connectivity index (χ2v) is 6.78. The molecule has 4 heteroatoms. The normalized spacial score (nSPS) is 13.2. The van der Waals surface area contributed by atoms with Crippen molar-refractivity contribution >= 4 is 11.8 Å². The molecule has 1 heterocycles. The van der Waals surface area contributed by atoms with Crippen LogP contribution in [0.15, 0.2) is 18.2 Å². The number of hydrogen-bond donors (Lipinski definition) is 1. The largest absolute Gasteiger partial charge is 0.311 e. The first-order chi connectivity index (χ1) is 9.52. The summed E-state index contributed by atoms with van der Waals surface area (Å²) in [6.07, 6.45) is 2.16. The average Bonchev–Trinajstić information content (AvgIpc) is 2.39. The lowest BCUT2D eigenvalue weighted by molar-refractivity contribution is 0.266. The summed E-state index contributed by atoms with van der Waals surface area (Å²) >= 11 is 1.89. The summed E-state index contributed by atoms with van der Waals surface area (Å²) in [7, 11) is 2.17. The van der Waals surface area contributed by atoms with Gasteiger partial charge in [0.15, 0.2) is 0 Å². The molecule has 114 valence electrons. The molecule has 20 heavy (non-hydrogen) atoms. The lowest BCUT2D eigenvalue weighted by Crippen LogP contribution is -2.31. The first-order valence-corrected chi connectivity index (χ1v) is 8.77. The van der Waals surface area contributed by atoms with Crippen LogP contribution in [0.25, 0.3) is 0 Å². The minimum absolute atomic E-state index is 0.578. The summed E-state index contributed by atoms with van der Waals surface area (Å²) < 4.78 is 0. The van der Waals surface area contributed by atoms with Crippen molar-refractivity contribution < 1.29 is 0 Å². The Kier molecular flexibility index (Phi) is 8.19. The third kappa shape index (κ3) is 6.73. The molecule has 0 aliphatic heterocycles. The highest BCUT2D eigenvalue weighted by atomic mass is 32.2. The molecular formula is C16H29N3S. The van der Waals surface area contributed by atoms with Gasteiger partial charge in [-0.25, -0.2) is 0 Å². The summed E-state index contributed by atoms with van der Waals surface area (Å²) in [5, 5.41) is 3.45. The fourth-order valence-electron chi connectivity index (χ4n) is 1.98. The summed E-state index contributed by atoms with van der Waals surface area (Å²) in [6.45, 7) is 9.52. The van der Waals surface area contributed by atoms with Crippen molar-refractivity contribution in [2.24, 2.45) is 5.92 Å². The quantitative estimate of drug-likeness (QED) is 0.758. The van der Waals surface area contributed by atoms with Gasteiger partial charge in [-0.05, 0) is 44.8 Å². The van der Waals surface area contributed by atoms with Crippen LogP contribution in [0.3, 0.4) is 0 Å². The summed E-state index contributed by atoms with van der Waals surface area (Å²) in [4.78, 5) is 7.11. The third-order valence-electron chi connectivity index (χ3n) is 3.29. The van der Waals surface area contributed by atoms with Crippen molar-refractivity contribution in [3.63, 3.8) is 0 Å². The molecule has 1 N–H and O–H groups in total. The zero-order valence-electron chi connectivity index (χ0n) is 13.5. The van der Waals surface area contributed by atoms with Crippen LogP contribution in [0.1, 0.15) is 32.2 Å². The Balaban J connectivity index is 2.50. The second-order valence-electron chi connectivity index (χ2n) is 5.86. The van der Waals surface area contributed by atoms with E-state index in [0.29, 0.717) is 12.0 Å². The van der Waals surface area contributed by atoms with Crippen LogP contribution in [0, 0.1) is 5.92 Å². The van der Waals surface area contributed by atoms with E-state index in [2.05, 4.69) is 62.5 Å². The zero-order valence-corrected chi connectivity index (χ0v) is 14.3. The molecule has 0 radical (unpaired) electrons. The van der Waals surface area contributed by atoms with Gasteiger partial charge in [0, 0.05) is 24.9 Å². The van der Waals surface area contributed by atoms with Crippen LogP contribution in [0.5, 0.6) is 0 Å². The summed E-state index contributed by atoms with van der Waals surface area (Å²) in [5.41, 5.74) is 2.29. The molecule has 1 atom stereocenters. The Hall–Kier alpha value is -0.580. The van der Waals surface area contributed by atoms with Crippen LogP contribution in [-0.2, 0) is 13.1 Å². The monoisotopic (exact) mass is 295 g/mol. The van der Waals surface area contributed by atoms with E-state index in [-0.39, 0.29) is 0 Å². The highest BCUT2D eigenvalue weighted by Gasteiger charge is 2.09. The van der Waals surface area contributed by atoms with Gasteiger partial charge < -0.3 is 5.32 Å². The van der Waals surface area contributed by atoms with E-state index in [4.69, 9.17) is 4.98 Å². The highest BCUT2D eigenvalue weighted by Crippen LogP contribution is 2.08. The first kappa shape index (κ1) is 17.5. The van der Waals surface area contributed by atoms with Crippen molar-refractivity contribution in [1.29, 1.82) is 0 Å².